The van der Waals surface area contributed by atoms with Crippen molar-refractivity contribution in [2.75, 3.05) is 19.5 Å². The van der Waals surface area contributed by atoms with Crippen molar-refractivity contribution in [2.24, 2.45) is 0 Å². The Labute approximate surface area is 194 Å². The van der Waals surface area contributed by atoms with Gasteiger partial charge in [-0.25, -0.2) is 4.98 Å². The number of nitrogens with zero attached hydrogens (tertiary/aromatic N) is 1. The lowest BCUT2D eigenvalue weighted by Crippen LogP contribution is -2.13. The smallest absolute Gasteiger partial charge is 0.256 e. The molecule has 0 aliphatic carbocycles. The highest BCUT2D eigenvalue weighted by atomic mass is 35.5. The first kappa shape index (κ1) is 21.7. The van der Waals surface area contributed by atoms with Crippen molar-refractivity contribution in [1.82, 2.24) is 4.98 Å². The van der Waals surface area contributed by atoms with E-state index >= 15 is 0 Å². The molecule has 0 saturated carbocycles. The average molecular weight is 469 g/mol. The van der Waals surface area contributed by atoms with E-state index in [1.54, 1.807) is 75.0 Å². The Morgan fingerprint density at radius 1 is 0.969 bits per heavy atom. The third-order valence-corrected chi connectivity index (χ3v) is 5.32. The Balaban J connectivity index is 1.68. The lowest BCUT2D eigenvalue weighted by molar-refractivity contribution is 0.102. The molecule has 6 nitrogen and oxygen atoms in total. The minimum atomic E-state index is -0.369. The van der Waals surface area contributed by atoms with Gasteiger partial charge in [0.25, 0.3) is 5.91 Å². The van der Waals surface area contributed by atoms with Gasteiger partial charge in [0.15, 0.2) is 5.76 Å². The number of anilines is 1. The van der Waals surface area contributed by atoms with Crippen LogP contribution in [0.2, 0.25) is 10.0 Å². The molecule has 162 valence electrons. The minimum Gasteiger partial charge on any atom is -0.497 e. The molecule has 1 amide bonds. The molecule has 0 spiro atoms. The van der Waals surface area contributed by atoms with Crippen LogP contribution >= 0.6 is 23.2 Å². The first-order valence-electron chi connectivity index (χ1n) is 9.54. The van der Waals surface area contributed by atoms with E-state index in [-0.39, 0.29) is 5.91 Å². The van der Waals surface area contributed by atoms with Gasteiger partial charge in [0.2, 0.25) is 5.89 Å². The molecule has 3 aromatic carbocycles. The summed E-state index contributed by atoms with van der Waals surface area (Å²) in [5, 5.41) is 3.63. The summed E-state index contributed by atoms with van der Waals surface area (Å²) in [7, 11) is 3.15. The average Bonchev–Trinajstić information content (AvgIpc) is 3.31. The summed E-state index contributed by atoms with van der Waals surface area (Å²) in [5.74, 6) is 1.65. The number of nitrogens with one attached hydrogen (secondary N) is 1. The highest BCUT2D eigenvalue weighted by molar-refractivity contribution is 6.36. The molecule has 1 aromatic heterocycles. The number of methoxy groups -OCH3 is 2. The lowest BCUT2D eigenvalue weighted by atomic mass is 10.1. The normalized spacial score (nSPS) is 10.6. The largest absolute Gasteiger partial charge is 0.497 e. The van der Waals surface area contributed by atoms with E-state index in [9.17, 15) is 4.79 Å². The Morgan fingerprint density at radius 3 is 2.56 bits per heavy atom. The Morgan fingerprint density at radius 2 is 1.78 bits per heavy atom. The number of hydrogen-bond donors (Lipinski definition) is 1. The maximum Gasteiger partial charge on any atom is 0.256 e. The highest BCUT2D eigenvalue weighted by Crippen LogP contribution is 2.36. The van der Waals surface area contributed by atoms with E-state index in [2.05, 4.69) is 10.3 Å². The topological polar surface area (TPSA) is 73.6 Å². The van der Waals surface area contributed by atoms with Crippen molar-refractivity contribution in [3.63, 3.8) is 0 Å². The molecule has 0 atom stereocenters. The number of aromatic nitrogens is 1. The van der Waals surface area contributed by atoms with Crippen LogP contribution in [0.4, 0.5) is 5.69 Å². The number of halogens is 2. The molecule has 0 bridgehead atoms. The number of hydrogen-bond acceptors (Lipinski definition) is 5. The van der Waals surface area contributed by atoms with Crippen LogP contribution < -0.4 is 14.8 Å². The molecule has 0 aliphatic heterocycles. The maximum atomic E-state index is 13.0. The quantitative estimate of drug-likeness (QED) is 0.345. The van der Waals surface area contributed by atoms with E-state index in [1.807, 2.05) is 6.07 Å². The van der Waals surface area contributed by atoms with E-state index in [1.165, 1.54) is 0 Å². The van der Waals surface area contributed by atoms with Crippen LogP contribution in [0, 0.1) is 0 Å². The molecular formula is C24H18Cl2N2O4. The molecule has 0 aliphatic rings. The van der Waals surface area contributed by atoms with Gasteiger partial charge >= 0.3 is 0 Å². The number of oxazole rings is 1. The fourth-order valence-electron chi connectivity index (χ4n) is 3.18. The number of amides is 1. The molecular weight excluding hydrogens is 451 g/mol. The number of benzene rings is 3. The number of ether oxygens (including phenoxy) is 2. The molecule has 0 saturated heterocycles. The van der Waals surface area contributed by atoms with Gasteiger partial charge in [-0.05, 0) is 42.5 Å². The van der Waals surface area contributed by atoms with Crippen molar-refractivity contribution < 1.29 is 18.7 Å². The van der Waals surface area contributed by atoms with Gasteiger partial charge in [-0.3, -0.25) is 4.79 Å². The second-order valence-corrected chi connectivity index (χ2v) is 7.56. The molecule has 1 heterocycles. The summed E-state index contributed by atoms with van der Waals surface area (Å²) in [5.41, 5.74) is 2.02. The van der Waals surface area contributed by atoms with Crippen LogP contribution in [0.3, 0.4) is 0 Å². The van der Waals surface area contributed by atoms with Crippen LogP contribution in [-0.2, 0) is 0 Å². The standard InChI is InChI=1S/C24H18Cl2N2O4/c1-30-15-8-9-18(21(12-15)31-2)22-13-27-24(32-22)17-6-4-3-5-16(17)23(29)28-20-11-14(25)7-10-19(20)26/h3-13H,1-2H3,(H,28,29). The number of carbonyl (C=O) groups excluding carboxylic acids is 1. The summed E-state index contributed by atoms with van der Waals surface area (Å²) in [6, 6.07) is 17.2. The number of carbonyl (C=O) groups is 1. The second kappa shape index (κ2) is 9.34. The number of rotatable bonds is 6. The predicted molar refractivity (Wildman–Crippen MR) is 125 cm³/mol. The third-order valence-electron chi connectivity index (χ3n) is 4.76. The van der Waals surface area contributed by atoms with Crippen LogP contribution in [0.15, 0.2) is 71.3 Å². The fourth-order valence-corrected chi connectivity index (χ4v) is 3.51. The Bertz CT molecular complexity index is 1290. The fraction of sp³-hybridized carbons (Fsp3) is 0.0833. The van der Waals surface area contributed by atoms with Gasteiger partial charge < -0.3 is 19.2 Å². The third kappa shape index (κ3) is 4.42. The molecule has 8 heteroatoms. The van der Waals surface area contributed by atoms with Crippen molar-refractivity contribution >= 4 is 34.8 Å². The van der Waals surface area contributed by atoms with E-state index in [0.717, 1.165) is 0 Å². The molecule has 32 heavy (non-hydrogen) atoms. The second-order valence-electron chi connectivity index (χ2n) is 6.72. The van der Waals surface area contributed by atoms with Gasteiger partial charge in [-0.2, -0.15) is 0 Å². The zero-order chi connectivity index (χ0) is 22.7. The van der Waals surface area contributed by atoms with E-state index in [4.69, 9.17) is 37.1 Å². The van der Waals surface area contributed by atoms with Crippen molar-refractivity contribution in [1.29, 1.82) is 0 Å². The molecule has 4 rings (SSSR count). The summed E-state index contributed by atoms with van der Waals surface area (Å²) in [6.45, 7) is 0. The van der Waals surface area contributed by atoms with Crippen molar-refractivity contribution in [3.8, 4) is 34.3 Å². The van der Waals surface area contributed by atoms with Gasteiger partial charge in [0, 0.05) is 16.7 Å². The van der Waals surface area contributed by atoms with Crippen LogP contribution in [0.1, 0.15) is 10.4 Å². The van der Waals surface area contributed by atoms with Crippen LogP contribution in [-0.4, -0.2) is 25.1 Å². The van der Waals surface area contributed by atoms with Gasteiger partial charge in [0.1, 0.15) is 11.5 Å². The molecule has 4 aromatic rings. The molecule has 0 unspecified atom stereocenters. The Hall–Kier alpha value is -3.48. The maximum absolute atomic E-state index is 13.0. The van der Waals surface area contributed by atoms with Gasteiger partial charge in [-0.1, -0.05) is 35.3 Å². The van der Waals surface area contributed by atoms with Crippen LogP contribution in [0.25, 0.3) is 22.8 Å². The van der Waals surface area contributed by atoms with Crippen LogP contribution in [0.5, 0.6) is 11.5 Å². The van der Waals surface area contributed by atoms with E-state index < -0.39 is 0 Å². The predicted octanol–water partition coefficient (Wildman–Crippen LogP) is 6.58. The van der Waals surface area contributed by atoms with Gasteiger partial charge in [-0.15, -0.1) is 0 Å². The Kier molecular flexibility index (Phi) is 6.35. The van der Waals surface area contributed by atoms with E-state index in [0.29, 0.717) is 55.6 Å². The first-order valence-corrected chi connectivity index (χ1v) is 10.3. The minimum absolute atomic E-state index is 0.292. The SMILES string of the molecule is COc1ccc(-c2cnc(-c3ccccc3C(=O)Nc3cc(Cl)ccc3Cl)o2)c(OC)c1. The monoisotopic (exact) mass is 468 g/mol. The summed E-state index contributed by atoms with van der Waals surface area (Å²) in [6.07, 6.45) is 1.59. The molecule has 0 fully saturated rings. The van der Waals surface area contributed by atoms with Gasteiger partial charge in [0.05, 0.1) is 42.3 Å². The van der Waals surface area contributed by atoms with Crippen molar-refractivity contribution in [2.45, 2.75) is 0 Å². The summed E-state index contributed by atoms with van der Waals surface area (Å²) < 4.78 is 16.7. The molecule has 0 radical (unpaired) electrons. The summed E-state index contributed by atoms with van der Waals surface area (Å²) in [4.78, 5) is 17.4. The lowest BCUT2D eigenvalue weighted by Gasteiger charge is -2.10. The zero-order valence-electron chi connectivity index (χ0n) is 17.2. The summed E-state index contributed by atoms with van der Waals surface area (Å²) >= 11 is 12.2. The molecule has 1 N–H and O–H groups in total. The first-order chi connectivity index (χ1) is 15.5. The highest BCUT2D eigenvalue weighted by Gasteiger charge is 2.19. The van der Waals surface area contributed by atoms with Crippen molar-refractivity contribution in [3.05, 3.63) is 82.5 Å². The zero-order valence-corrected chi connectivity index (χ0v) is 18.7.